The van der Waals surface area contributed by atoms with Crippen molar-refractivity contribution in [3.8, 4) is 0 Å². The molecule has 0 aromatic carbocycles. The molecule has 3 rings (SSSR count). The summed E-state index contributed by atoms with van der Waals surface area (Å²) in [7, 11) is 1.69. The summed E-state index contributed by atoms with van der Waals surface area (Å²) in [6.45, 7) is 0.524. The van der Waals surface area contributed by atoms with Crippen molar-refractivity contribution in [3.05, 3.63) is 0 Å². The first kappa shape index (κ1) is 13.7. The summed E-state index contributed by atoms with van der Waals surface area (Å²) >= 11 is 0. The van der Waals surface area contributed by atoms with E-state index < -0.39 is 5.97 Å². The number of carbonyl (C=O) groups is 2. The van der Waals surface area contributed by atoms with E-state index in [1.54, 1.807) is 12.0 Å². The predicted molar refractivity (Wildman–Crippen MR) is 71.4 cm³/mol. The van der Waals surface area contributed by atoms with Crippen LogP contribution in [0.25, 0.3) is 0 Å². The Morgan fingerprint density at radius 1 is 1.40 bits per heavy atom. The fourth-order valence-electron chi connectivity index (χ4n) is 3.92. The van der Waals surface area contributed by atoms with E-state index in [4.69, 9.17) is 4.74 Å². The molecule has 3 fully saturated rings. The second-order valence-corrected chi connectivity index (χ2v) is 6.29. The molecular formula is C14H22N2O4. The number of urea groups is 1. The first-order chi connectivity index (χ1) is 9.56. The lowest BCUT2D eigenvalue weighted by Crippen LogP contribution is -2.53. The van der Waals surface area contributed by atoms with Gasteiger partial charge in [0, 0.05) is 25.7 Å². The van der Waals surface area contributed by atoms with E-state index in [2.05, 4.69) is 5.32 Å². The lowest BCUT2D eigenvalue weighted by atomic mass is 9.80. The number of aliphatic carboxylic acids is 1. The molecule has 6 nitrogen and oxygen atoms in total. The fourth-order valence-corrected chi connectivity index (χ4v) is 3.92. The molecule has 2 aliphatic heterocycles. The van der Waals surface area contributed by atoms with Crippen LogP contribution in [-0.4, -0.2) is 53.3 Å². The van der Waals surface area contributed by atoms with Crippen LogP contribution in [0.3, 0.4) is 0 Å². The van der Waals surface area contributed by atoms with Crippen LogP contribution < -0.4 is 5.32 Å². The van der Waals surface area contributed by atoms with Gasteiger partial charge in [0.1, 0.15) is 0 Å². The molecule has 20 heavy (non-hydrogen) atoms. The summed E-state index contributed by atoms with van der Waals surface area (Å²) in [5.74, 6) is -1.16. The number of nitrogens with one attached hydrogen (secondary N) is 1. The Morgan fingerprint density at radius 3 is 2.65 bits per heavy atom. The van der Waals surface area contributed by atoms with E-state index in [1.807, 2.05) is 0 Å². The average molecular weight is 282 g/mol. The topological polar surface area (TPSA) is 78.9 Å². The van der Waals surface area contributed by atoms with Gasteiger partial charge in [-0.25, -0.2) is 4.79 Å². The molecule has 0 aromatic heterocycles. The number of carboxylic acid groups (broad SMARTS) is 1. The summed E-state index contributed by atoms with van der Waals surface area (Å²) in [4.78, 5) is 25.3. The molecule has 2 amide bonds. The van der Waals surface area contributed by atoms with E-state index in [1.165, 1.54) is 0 Å². The molecule has 3 unspecified atom stereocenters. The van der Waals surface area contributed by atoms with Gasteiger partial charge in [-0.2, -0.15) is 0 Å². The standard InChI is InChI=1S/C14H22N2O4/c1-20-14(5-2-6-14)8-15-13(19)16-9-3-4-11(16)10(7-9)12(17)18/h9-11H,2-8H2,1H3,(H,15,19)(H,17,18). The van der Waals surface area contributed by atoms with Crippen LogP contribution in [0.5, 0.6) is 0 Å². The van der Waals surface area contributed by atoms with Gasteiger partial charge in [0.2, 0.25) is 0 Å². The molecular weight excluding hydrogens is 260 g/mol. The quantitative estimate of drug-likeness (QED) is 0.812. The van der Waals surface area contributed by atoms with E-state index in [9.17, 15) is 14.7 Å². The zero-order valence-corrected chi connectivity index (χ0v) is 11.8. The van der Waals surface area contributed by atoms with Gasteiger partial charge in [-0.15, -0.1) is 0 Å². The van der Waals surface area contributed by atoms with Gasteiger partial charge >= 0.3 is 12.0 Å². The Kier molecular flexibility index (Phi) is 3.36. The second-order valence-electron chi connectivity index (χ2n) is 6.29. The minimum absolute atomic E-state index is 0.0981. The Bertz CT molecular complexity index is 416. The molecule has 2 heterocycles. The van der Waals surface area contributed by atoms with E-state index >= 15 is 0 Å². The second kappa shape index (κ2) is 4.91. The molecule has 2 bridgehead atoms. The summed E-state index contributed by atoms with van der Waals surface area (Å²) in [5.41, 5.74) is -0.194. The summed E-state index contributed by atoms with van der Waals surface area (Å²) < 4.78 is 5.49. The minimum atomic E-state index is -0.776. The molecule has 3 aliphatic rings. The van der Waals surface area contributed by atoms with Crippen molar-refractivity contribution in [1.82, 2.24) is 10.2 Å². The van der Waals surface area contributed by atoms with E-state index in [-0.39, 0.29) is 29.6 Å². The normalized spacial score (nSPS) is 33.9. The van der Waals surface area contributed by atoms with Crippen molar-refractivity contribution in [3.63, 3.8) is 0 Å². The maximum Gasteiger partial charge on any atom is 0.318 e. The number of carboxylic acids is 1. The van der Waals surface area contributed by atoms with Crippen LogP contribution >= 0.6 is 0 Å². The molecule has 1 saturated carbocycles. The highest BCUT2D eigenvalue weighted by Crippen LogP contribution is 2.42. The first-order valence-corrected chi connectivity index (χ1v) is 7.40. The number of ether oxygens (including phenoxy) is 1. The Morgan fingerprint density at radius 2 is 2.15 bits per heavy atom. The van der Waals surface area contributed by atoms with Crippen molar-refractivity contribution in [1.29, 1.82) is 0 Å². The summed E-state index contributed by atoms with van der Waals surface area (Å²) in [6, 6.07) is -0.150. The van der Waals surface area contributed by atoms with Crippen LogP contribution in [0.2, 0.25) is 0 Å². The van der Waals surface area contributed by atoms with Crippen LogP contribution in [0.4, 0.5) is 4.79 Å². The Labute approximate surface area is 118 Å². The van der Waals surface area contributed by atoms with Crippen molar-refractivity contribution in [2.75, 3.05) is 13.7 Å². The summed E-state index contributed by atoms with van der Waals surface area (Å²) in [6.07, 6.45) is 5.44. The maximum absolute atomic E-state index is 12.3. The molecule has 3 atom stereocenters. The number of hydrogen-bond acceptors (Lipinski definition) is 3. The Hall–Kier alpha value is -1.30. The van der Waals surface area contributed by atoms with Crippen molar-refractivity contribution >= 4 is 12.0 Å². The average Bonchev–Trinajstić information content (AvgIpc) is 2.95. The number of fused-ring (bicyclic) bond motifs is 2. The molecule has 0 aromatic rings. The van der Waals surface area contributed by atoms with Gasteiger partial charge in [-0.1, -0.05) is 0 Å². The third-order valence-electron chi connectivity index (χ3n) is 5.35. The minimum Gasteiger partial charge on any atom is -0.481 e. The van der Waals surface area contributed by atoms with Gasteiger partial charge in [0.25, 0.3) is 0 Å². The fraction of sp³-hybridized carbons (Fsp3) is 0.857. The van der Waals surface area contributed by atoms with Crippen LogP contribution in [0.1, 0.15) is 38.5 Å². The van der Waals surface area contributed by atoms with Gasteiger partial charge < -0.3 is 20.1 Å². The molecule has 2 N–H and O–H groups in total. The van der Waals surface area contributed by atoms with Crippen LogP contribution in [0, 0.1) is 5.92 Å². The number of methoxy groups -OCH3 is 1. The first-order valence-electron chi connectivity index (χ1n) is 7.40. The third-order valence-corrected chi connectivity index (χ3v) is 5.35. The highest BCUT2D eigenvalue weighted by molar-refractivity contribution is 5.79. The Balaban J connectivity index is 1.59. The number of hydrogen-bond donors (Lipinski definition) is 2. The highest BCUT2D eigenvalue weighted by Gasteiger charge is 2.51. The number of nitrogens with zero attached hydrogens (tertiary/aromatic N) is 1. The molecule has 1 aliphatic carbocycles. The third kappa shape index (κ3) is 2.06. The number of carbonyl (C=O) groups excluding carboxylic acids is 1. The lowest BCUT2D eigenvalue weighted by molar-refractivity contribution is -0.142. The maximum atomic E-state index is 12.3. The summed E-state index contributed by atoms with van der Waals surface area (Å²) in [5, 5.41) is 12.1. The molecule has 6 heteroatoms. The monoisotopic (exact) mass is 282 g/mol. The number of amides is 2. The SMILES string of the molecule is COC1(CNC(=O)N2C3CCC2C(C(=O)O)C3)CCC1. The van der Waals surface area contributed by atoms with E-state index in [0.29, 0.717) is 13.0 Å². The number of rotatable bonds is 4. The largest absolute Gasteiger partial charge is 0.481 e. The molecule has 0 radical (unpaired) electrons. The highest BCUT2D eigenvalue weighted by atomic mass is 16.5. The molecule has 112 valence electrons. The lowest BCUT2D eigenvalue weighted by Gasteiger charge is -2.41. The van der Waals surface area contributed by atoms with Crippen molar-refractivity contribution in [2.45, 2.75) is 56.2 Å². The molecule has 2 saturated heterocycles. The van der Waals surface area contributed by atoms with Crippen molar-refractivity contribution in [2.24, 2.45) is 5.92 Å². The molecule has 0 spiro atoms. The zero-order chi connectivity index (χ0) is 14.3. The van der Waals surface area contributed by atoms with Gasteiger partial charge in [0.15, 0.2) is 0 Å². The zero-order valence-electron chi connectivity index (χ0n) is 11.8. The smallest absolute Gasteiger partial charge is 0.318 e. The van der Waals surface area contributed by atoms with Crippen molar-refractivity contribution < 1.29 is 19.4 Å². The predicted octanol–water partition coefficient (Wildman–Crippen LogP) is 1.20. The van der Waals surface area contributed by atoms with Gasteiger partial charge in [-0.3, -0.25) is 4.79 Å². The van der Waals surface area contributed by atoms with Gasteiger partial charge in [0.05, 0.1) is 11.5 Å². The van der Waals surface area contributed by atoms with Crippen LogP contribution in [0.15, 0.2) is 0 Å². The van der Waals surface area contributed by atoms with E-state index in [0.717, 1.165) is 32.1 Å². The van der Waals surface area contributed by atoms with Gasteiger partial charge in [-0.05, 0) is 38.5 Å². The van der Waals surface area contributed by atoms with Crippen LogP contribution in [-0.2, 0) is 9.53 Å².